The molecule has 326 valence electrons. The van der Waals surface area contributed by atoms with E-state index in [2.05, 4.69) is 55.3 Å². The van der Waals surface area contributed by atoms with E-state index in [1.165, 1.54) is 4.88 Å². The van der Waals surface area contributed by atoms with Crippen molar-refractivity contribution in [1.82, 2.24) is 46.0 Å². The lowest BCUT2D eigenvalue weighted by atomic mass is 9.99. The third kappa shape index (κ3) is 10.4. The van der Waals surface area contributed by atoms with Gasteiger partial charge >= 0.3 is 0 Å². The summed E-state index contributed by atoms with van der Waals surface area (Å²) in [5.41, 5.74) is 5.65. The number of H-pyrrole nitrogens is 1. The minimum absolute atomic E-state index is 0.0948. The number of fused-ring (bicyclic) bond motifs is 4. The van der Waals surface area contributed by atoms with Gasteiger partial charge in [-0.2, -0.15) is 0 Å². The van der Waals surface area contributed by atoms with Crippen LogP contribution in [0.4, 0.5) is 0 Å². The second kappa shape index (κ2) is 19.8. The Balaban J connectivity index is 0.816. The minimum Gasteiger partial charge on any atom is -0.483 e. The van der Waals surface area contributed by atoms with Crippen molar-refractivity contribution >= 4 is 69.2 Å². The Labute approximate surface area is 368 Å². The van der Waals surface area contributed by atoms with Crippen LogP contribution in [-0.4, -0.2) is 85.7 Å². The molecule has 0 aliphatic carbocycles. The van der Waals surface area contributed by atoms with Gasteiger partial charge in [-0.1, -0.05) is 49.4 Å². The number of nitrogens with zero attached hydrogens (tertiary/aromatic N) is 5. The molecule has 5 aromatic rings. The number of aromatic amines is 1. The number of hydrogen-bond donors (Lipinski definition) is 5. The van der Waals surface area contributed by atoms with Gasteiger partial charge < -0.3 is 25.7 Å². The molecule has 2 aliphatic heterocycles. The second-order valence-electron chi connectivity index (χ2n) is 15.7. The molecule has 1 saturated heterocycles. The first-order valence-electron chi connectivity index (χ1n) is 21.0. The van der Waals surface area contributed by atoms with Crippen LogP contribution in [0, 0.1) is 27.7 Å². The topological polar surface area (TPSA) is 214 Å². The van der Waals surface area contributed by atoms with Gasteiger partial charge in [-0.3, -0.25) is 38.8 Å². The van der Waals surface area contributed by atoms with E-state index in [0.717, 1.165) is 71.8 Å². The van der Waals surface area contributed by atoms with E-state index < -0.39 is 23.9 Å². The Hall–Kier alpha value is -5.94. The van der Waals surface area contributed by atoms with Crippen molar-refractivity contribution in [3.05, 3.63) is 86.0 Å². The number of amides is 5. The van der Waals surface area contributed by atoms with Crippen LogP contribution < -0.4 is 26.0 Å². The van der Waals surface area contributed by atoms with Crippen molar-refractivity contribution in [1.29, 1.82) is 0 Å². The number of benzene rings is 2. The fourth-order valence-electron chi connectivity index (χ4n) is 7.77. The zero-order valence-electron chi connectivity index (χ0n) is 35.3. The number of halogens is 1. The summed E-state index contributed by atoms with van der Waals surface area (Å²) in [5.74, 6) is 0.681. The van der Waals surface area contributed by atoms with Crippen molar-refractivity contribution < 1.29 is 28.7 Å². The highest BCUT2D eigenvalue weighted by Gasteiger charge is 2.33. The Kier molecular flexibility index (Phi) is 14.1. The van der Waals surface area contributed by atoms with Crippen LogP contribution in [0.1, 0.15) is 108 Å². The van der Waals surface area contributed by atoms with Gasteiger partial charge in [0.15, 0.2) is 12.4 Å². The molecule has 0 radical (unpaired) electrons. The van der Waals surface area contributed by atoms with Crippen molar-refractivity contribution in [2.24, 2.45) is 4.99 Å². The number of unbranched alkanes of at least 4 members (excludes halogenated alkanes) is 5. The molecule has 16 nitrogen and oxygen atoms in total. The molecule has 0 saturated carbocycles. The molecule has 2 aromatic carbocycles. The summed E-state index contributed by atoms with van der Waals surface area (Å²) in [4.78, 5) is 76.7. The molecule has 5 amide bonds. The Bertz CT molecular complexity index is 2530. The third-order valence-corrected chi connectivity index (χ3v) is 12.5. The number of aliphatic imine (C=N–C) groups is 1. The van der Waals surface area contributed by atoms with Gasteiger partial charge in [0.25, 0.3) is 5.91 Å². The Morgan fingerprint density at radius 1 is 0.903 bits per heavy atom. The molecule has 18 heteroatoms. The van der Waals surface area contributed by atoms with Crippen molar-refractivity contribution in [3.8, 4) is 10.8 Å². The lowest BCUT2D eigenvalue weighted by Crippen LogP contribution is -2.52. The molecule has 0 spiro atoms. The van der Waals surface area contributed by atoms with E-state index in [1.807, 2.05) is 35.8 Å². The van der Waals surface area contributed by atoms with Crippen molar-refractivity contribution in [2.75, 3.05) is 19.7 Å². The first-order chi connectivity index (χ1) is 29.9. The van der Waals surface area contributed by atoms with Crippen LogP contribution in [0.5, 0.6) is 5.75 Å². The van der Waals surface area contributed by atoms with Gasteiger partial charge in [0.05, 0.1) is 29.6 Å². The number of ether oxygens (including phenoxy) is 1. The predicted molar refractivity (Wildman–Crippen MR) is 236 cm³/mol. The Morgan fingerprint density at radius 2 is 1.61 bits per heavy atom. The smallest absolute Gasteiger partial charge is 0.257 e. The summed E-state index contributed by atoms with van der Waals surface area (Å²) < 4.78 is 7.93. The van der Waals surface area contributed by atoms with Crippen LogP contribution >= 0.6 is 22.9 Å². The lowest BCUT2D eigenvalue weighted by molar-refractivity contribution is -0.137. The normalized spacial score (nSPS) is 15.9. The predicted octanol–water partition coefficient (Wildman–Crippen LogP) is 5.49. The van der Waals surface area contributed by atoms with Crippen molar-refractivity contribution in [2.45, 2.75) is 104 Å². The summed E-state index contributed by atoms with van der Waals surface area (Å²) in [6, 6.07) is 9.77. The number of imidazole rings is 1. The third-order valence-electron chi connectivity index (χ3n) is 11.1. The average molecular weight is 883 g/mol. The van der Waals surface area contributed by atoms with Gasteiger partial charge in [0.1, 0.15) is 34.5 Å². The highest BCUT2D eigenvalue weighted by molar-refractivity contribution is 7.15. The molecule has 0 bridgehead atoms. The number of thiophene rings is 1. The zero-order valence-corrected chi connectivity index (χ0v) is 36.9. The van der Waals surface area contributed by atoms with Crippen LogP contribution in [-0.2, 0) is 30.4 Å². The van der Waals surface area contributed by atoms with Gasteiger partial charge in [0.2, 0.25) is 23.6 Å². The maximum absolute atomic E-state index is 13.3. The van der Waals surface area contributed by atoms with Gasteiger partial charge in [0, 0.05) is 46.1 Å². The Morgan fingerprint density at radius 3 is 2.34 bits per heavy atom. The highest BCUT2D eigenvalue weighted by atomic mass is 35.5. The molecule has 7 rings (SSSR count). The van der Waals surface area contributed by atoms with E-state index in [0.29, 0.717) is 52.1 Å². The molecule has 3 aromatic heterocycles. The summed E-state index contributed by atoms with van der Waals surface area (Å²) in [7, 11) is 0. The standard InChI is InChI=1S/C44H51ClN10O6S/c1-24-25(2)62-44-39(24)40(28-11-13-29(45)14-12-28)51-33(42-54-53-27(4)55(42)44)22-36(57)46-19-9-7-5-6-8-10-20-47-38(59)23-61-34-17-15-31-41(49-26(3)48-31)30(34)21-37(58)50-32-16-18-35(56)52-43(32)60/h11-15,17,32-33H,5-10,16,18-23H2,1-4H3,(H,46,57)(H,47,59)(H,48,49)(H,50,58)(H,52,56,60)/t32?,33-/m0/s1. The monoisotopic (exact) mass is 882 g/mol. The van der Waals surface area contributed by atoms with Gasteiger partial charge in [-0.15, -0.1) is 21.5 Å². The molecule has 2 atom stereocenters. The maximum atomic E-state index is 13.3. The first-order valence-corrected chi connectivity index (χ1v) is 22.2. The molecule has 1 fully saturated rings. The molecular weight excluding hydrogens is 832 g/mol. The number of aryl methyl sites for hydroxylation is 3. The van der Waals surface area contributed by atoms with E-state index >= 15 is 0 Å². The maximum Gasteiger partial charge on any atom is 0.257 e. The molecule has 2 aliphatic rings. The number of rotatable bonds is 18. The summed E-state index contributed by atoms with van der Waals surface area (Å²) in [6.07, 6.45) is 5.93. The largest absolute Gasteiger partial charge is 0.483 e. The van der Waals surface area contributed by atoms with E-state index in [9.17, 15) is 24.0 Å². The highest BCUT2D eigenvalue weighted by Crippen LogP contribution is 2.39. The fourth-order valence-corrected chi connectivity index (χ4v) is 9.11. The summed E-state index contributed by atoms with van der Waals surface area (Å²) >= 11 is 7.91. The lowest BCUT2D eigenvalue weighted by Gasteiger charge is -2.22. The van der Waals surface area contributed by atoms with Crippen LogP contribution in [0.2, 0.25) is 5.02 Å². The SMILES string of the molecule is Cc1nc2c(CC(=O)NC3CCC(=O)NC3=O)c(OCC(=O)NCCCCCCCCNC(=O)C[C@@H]3N=C(c4ccc(Cl)cc4)c4c(sc(C)c4C)-n4c(C)nnc43)ccc2[nH]1. The van der Waals surface area contributed by atoms with E-state index in [-0.39, 0.29) is 50.0 Å². The van der Waals surface area contributed by atoms with Crippen LogP contribution in [0.25, 0.3) is 16.0 Å². The van der Waals surface area contributed by atoms with Crippen LogP contribution in [0.3, 0.4) is 0 Å². The molecule has 62 heavy (non-hydrogen) atoms. The minimum atomic E-state index is -0.807. The molecule has 1 unspecified atom stereocenters. The number of carbonyl (C=O) groups is 5. The van der Waals surface area contributed by atoms with E-state index in [4.69, 9.17) is 21.3 Å². The summed E-state index contributed by atoms with van der Waals surface area (Å²) in [5, 5.41) is 21.4. The molecular formula is C44H51ClN10O6S. The number of piperidine rings is 1. The summed E-state index contributed by atoms with van der Waals surface area (Å²) in [6.45, 7) is 8.74. The number of carbonyl (C=O) groups excluding carboxylic acids is 5. The second-order valence-corrected chi connectivity index (χ2v) is 17.4. The molecule has 5 heterocycles. The number of imide groups is 1. The van der Waals surface area contributed by atoms with E-state index in [1.54, 1.807) is 30.4 Å². The molecule has 5 N–H and O–H groups in total. The van der Waals surface area contributed by atoms with Gasteiger partial charge in [-0.05, 0) is 76.8 Å². The number of hydrogen-bond acceptors (Lipinski definition) is 11. The van der Waals surface area contributed by atoms with Gasteiger partial charge in [-0.25, -0.2) is 4.98 Å². The average Bonchev–Trinajstić information content (AvgIpc) is 3.88. The number of aromatic nitrogens is 5. The van der Waals surface area contributed by atoms with Crippen molar-refractivity contribution in [3.63, 3.8) is 0 Å². The quantitative estimate of drug-likeness (QED) is 0.0555. The van der Waals surface area contributed by atoms with Crippen LogP contribution in [0.15, 0.2) is 41.4 Å². The number of nitrogens with one attached hydrogen (secondary N) is 5. The fraction of sp³-hybridized carbons (Fsp3) is 0.432. The first kappa shape index (κ1) is 44.1. The zero-order chi connectivity index (χ0) is 43.9.